The van der Waals surface area contributed by atoms with Crippen molar-refractivity contribution in [1.29, 1.82) is 0 Å². The molecule has 0 aliphatic carbocycles. The van der Waals surface area contributed by atoms with E-state index in [1.54, 1.807) is 0 Å². The van der Waals surface area contributed by atoms with Gasteiger partial charge in [0.05, 0.1) is 124 Å². The van der Waals surface area contributed by atoms with Gasteiger partial charge in [0, 0.05) is 0 Å². The summed E-state index contributed by atoms with van der Waals surface area (Å²) in [6.07, 6.45) is -54.8. The van der Waals surface area contributed by atoms with Crippen LogP contribution in [0.25, 0.3) is 0 Å². The van der Waals surface area contributed by atoms with Crippen LogP contribution in [0.1, 0.15) is 44.5 Å². The maximum Gasteiger partial charge on any atom is 1.00 e. The van der Waals surface area contributed by atoms with Gasteiger partial charge in [0.2, 0.25) is 0 Å². The predicted molar refractivity (Wildman–Crippen MR) is 226 cm³/mol. The fraction of sp³-hybridized carbons (Fsp3) is 0.478. The standard InChI is InChI=1S/C32H12BF24.C14H26O9.Li/c34-25(35,36)13-1-14(26(37,38)39)6-21(5-13)33(22-7-15(27(40,41)42)2-16(8-22)28(43,44)45,23-9-17(29(46,47)48)3-18(10-23)30(49,50)51)24-11-19(31(52,53)54)4-20(12-24)32(55,56)57;1-7-18-13-20-9-3-16-5-11-22-14(19-8-2-15-1)23-12-6-17-4-10-21-13;/h1-12H;13-14H,1-12H2;/q-1;;+1. The molecule has 4 aromatic rings. The zero-order valence-electron chi connectivity index (χ0n) is 40.9. The van der Waals surface area contributed by atoms with Crippen molar-refractivity contribution in [3.8, 4) is 0 Å². The Morgan fingerprint density at radius 3 is 0.494 bits per heavy atom. The SMILES string of the molecule is C1COC2OCCOCCOC(OCCO1)OCCOCCO2.FC(F)(F)c1cc([B-](c2cc(C(F)(F)F)cc(C(F)(F)F)c2)(c2cc(C(F)(F)F)cc(C(F)(F)F)c2)c2cc(C(F)(F)F)cc(C(F)(F)F)c2)cc(C(F)(F)F)c1.[Li+]. The third-order valence-corrected chi connectivity index (χ3v) is 11.3. The monoisotopic (exact) mass is 1210 g/mol. The van der Waals surface area contributed by atoms with Crippen molar-refractivity contribution < 1.29 is 167 Å². The van der Waals surface area contributed by atoms with E-state index >= 15 is 0 Å². The largest absolute Gasteiger partial charge is 1.00 e. The summed E-state index contributed by atoms with van der Waals surface area (Å²) >= 11 is 0. The first-order valence-electron chi connectivity index (χ1n) is 22.5. The molecule has 0 spiro atoms. The minimum absolute atomic E-state index is 0. The van der Waals surface area contributed by atoms with Crippen molar-refractivity contribution in [3.05, 3.63) is 117 Å². The van der Waals surface area contributed by atoms with E-state index < -0.39 is 208 Å². The summed E-state index contributed by atoms with van der Waals surface area (Å²) < 4.78 is 390. The van der Waals surface area contributed by atoms with Gasteiger partial charge in [-0.05, 0) is 24.3 Å². The third-order valence-electron chi connectivity index (χ3n) is 11.3. The average molecular weight is 1210 g/mol. The van der Waals surface area contributed by atoms with Crippen molar-refractivity contribution in [1.82, 2.24) is 0 Å². The van der Waals surface area contributed by atoms with Gasteiger partial charge in [-0.25, -0.2) is 0 Å². The number of hydrogen-bond donors (Lipinski definition) is 0. The van der Waals surface area contributed by atoms with E-state index in [1.165, 1.54) is 0 Å². The first-order chi connectivity index (χ1) is 36.7. The Balaban J connectivity index is 0.000000490. The number of rotatable bonds is 4. The zero-order chi connectivity index (χ0) is 59.9. The Labute approximate surface area is 453 Å². The predicted octanol–water partition coefficient (Wildman–Crippen LogP) is 7.95. The fourth-order valence-corrected chi connectivity index (χ4v) is 7.89. The van der Waals surface area contributed by atoms with Crippen molar-refractivity contribution >= 4 is 28.0 Å². The molecule has 3 saturated heterocycles. The van der Waals surface area contributed by atoms with Gasteiger partial charge in [-0.15, -0.1) is 0 Å². The first-order valence-corrected chi connectivity index (χ1v) is 22.5. The van der Waals surface area contributed by atoms with Gasteiger partial charge in [-0.3, -0.25) is 0 Å². The molecule has 0 unspecified atom stereocenters. The minimum atomic E-state index is -6.13. The third kappa shape index (κ3) is 19.3. The van der Waals surface area contributed by atoms with Crippen LogP contribution in [0.2, 0.25) is 0 Å². The van der Waals surface area contributed by atoms with Crippen LogP contribution in [0.5, 0.6) is 0 Å². The van der Waals surface area contributed by atoms with Crippen LogP contribution in [0.3, 0.4) is 0 Å². The number of benzene rings is 4. The molecule has 3 fully saturated rings. The smallest absolute Gasteiger partial charge is 0.377 e. The summed E-state index contributed by atoms with van der Waals surface area (Å²) in [6.45, 7) is 3.02. The number of fused-ring (bicyclic) bond motifs is 18. The summed E-state index contributed by atoms with van der Waals surface area (Å²) in [7, 11) is 0. The summed E-state index contributed by atoms with van der Waals surface area (Å²) in [5, 5.41) is 0. The van der Waals surface area contributed by atoms with E-state index in [-0.39, 0.29) is 18.9 Å². The van der Waals surface area contributed by atoms with Crippen LogP contribution in [-0.4, -0.2) is 98.4 Å². The van der Waals surface area contributed by atoms with Crippen LogP contribution < -0.4 is 40.7 Å². The maximum absolute atomic E-state index is 14.2. The normalized spacial score (nSPS) is 19.0. The number of hydrogen-bond acceptors (Lipinski definition) is 9. The Morgan fingerprint density at radius 1 is 0.235 bits per heavy atom. The Hall–Kier alpha value is -4.50. The van der Waals surface area contributed by atoms with Crippen LogP contribution in [0.4, 0.5) is 105 Å². The Morgan fingerprint density at radius 2 is 0.370 bits per heavy atom. The van der Waals surface area contributed by atoms with E-state index in [1.807, 2.05) is 0 Å². The molecule has 9 nitrogen and oxygen atoms in total. The molecule has 0 saturated carbocycles. The summed E-state index contributed by atoms with van der Waals surface area (Å²) in [5.41, 5.74) is -30.2. The molecule has 3 heterocycles. The molecular formula is C46H38BF24LiO9. The second-order valence-electron chi connectivity index (χ2n) is 16.9. The molecule has 0 amide bonds. The van der Waals surface area contributed by atoms with Gasteiger partial charge in [0.15, 0.2) is 0 Å². The number of alkyl halides is 24. The number of halogens is 24. The van der Waals surface area contributed by atoms with Crippen LogP contribution >= 0.6 is 0 Å². The van der Waals surface area contributed by atoms with Crippen LogP contribution in [0.15, 0.2) is 72.8 Å². The molecule has 7 rings (SSSR count). The van der Waals surface area contributed by atoms with Gasteiger partial charge in [0.25, 0.3) is 13.0 Å². The molecule has 0 N–H and O–H groups in total. The quantitative estimate of drug-likeness (QED) is 0.115. The van der Waals surface area contributed by atoms with Crippen molar-refractivity contribution in [2.45, 2.75) is 62.4 Å². The molecular weight excluding hydrogens is 1170 g/mol. The summed E-state index contributed by atoms with van der Waals surface area (Å²) in [6, 6.07) is -8.81. The molecule has 3 aliphatic rings. The average Bonchev–Trinajstić information content (AvgIpc) is 3.32. The molecule has 0 aromatic heterocycles. The Bertz CT molecular complexity index is 2170. The van der Waals surface area contributed by atoms with E-state index in [0.29, 0.717) is 79.3 Å². The van der Waals surface area contributed by atoms with E-state index in [0.717, 1.165) is 0 Å². The van der Waals surface area contributed by atoms with Crippen LogP contribution in [-0.2, 0) is 92.0 Å². The second-order valence-corrected chi connectivity index (χ2v) is 16.9. The van der Waals surface area contributed by atoms with E-state index in [2.05, 4.69) is 0 Å². The Kier molecular flexibility index (Phi) is 23.0. The minimum Gasteiger partial charge on any atom is -0.377 e. The van der Waals surface area contributed by atoms with E-state index in [4.69, 9.17) is 42.6 Å². The van der Waals surface area contributed by atoms with Gasteiger partial charge < -0.3 is 42.6 Å². The number of ether oxygens (including phenoxy) is 9. The molecule has 2 bridgehead atoms. The van der Waals surface area contributed by atoms with Gasteiger partial charge in [-0.1, -0.05) is 48.5 Å². The molecule has 448 valence electrons. The van der Waals surface area contributed by atoms with Gasteiger partial charge in [-0.2, -0.15) is 127 Å². The van der Waals surface area contributed by atoms with Crippen molar-refractivity contribution in [2.75, 3.05) is 79.3 Å². The fourth-order valence-electron chi connectivity index (χ4n) is 7.89. The first kappa shape index (κ1) is 69.0. The van der Waals surface area contributed by atoms with Crippen molar-refractivity contribution in [3.63, 3.8) is 0 Å². The summed E-state index contributed by atoms with van der Waals surface area (Å²) in [4.78, 5) is 0. The topological polar surface area (TPSA) is 83.1 Å². The molecule has 0 atom stereocenters. The molecule has 35 heteroatoms. The molecule has 4 aromatic carbocycles. The van der Waals surface area contributed by atoms with E-state index in [9.17, 15) is 105 Å². The van der Waals surface area contributed by atoms with Gasteiger partial charge in [0.1, 0.15) is 6.15 Å². The second kappa shape index (κ2) is 27.0. The maximum atomic E-state index is 14.2. The molecule has 3 aliphatic heterocycles. The van der Waals surface area contributed by atoms with Crippen LogP contribution in [0, 0.1) is 0 Å². The van der Waals surface area contributed by atoms with Gasteiger partial charge >= 0.3 is 68.3 Å². The van der Waals surface area contributed by atoms with Crippen molar-refractivity contribution in [2.24, 2.45) is 0 Å². The zero-order valence-corrected chi connectivity index (χ0v) is 40.9. The molecule has 81 heavy (non-hydrogen) atoms. The summed E-state index contributed by atoms with van der Waals surface area (Å²) in [5.74, 6) is 0. The molecule has 0 radical (unpaired) electrons.